The molecule has 0 bridgehead atoms. The zero-order chi connectivity index (χ0) is 25.8. The van der Waals surface area contributed by atoms with Gasteiger partial charge < -0.3 is 9.80 Å². The summed E-state index contributed by atoms with van der Waals surface area (Å²) in [6, 6.07) is 24.5. The number of piperidine rings is 2. The summed E-state index contributed by atoms with van der Waals surface area (Å²) in [4.78, 5) is 34.8. The second-order valence-electron chi connectivity index (χ2n) is 10.2. The molecule has 1 aromatic heterocycles. The van der Waals surface area contributed by atoms with Crippen molar-refractivity contribution >= 4 is 11.8 Å². The Labute approximate surface area is 218 Å². The molecule has 6 nitrogen and oxygen atoms in total. The molecule has 0 unspecified atom stereocenters. The largest absolute Gasteiger partial charge is 0.339 e. The van der Waals surface area contributed by atoms with Crippen LogP contribution in [0.3, 0.4) is 0 Å². The first-order valence-electron chi connectivity index (χ1n) is 13.1. The van der Waals surface area contributed by atoms with Gasteiger partial charge in [0.1, 0.15) is 5.69 Å². The van der Waals surface area contributed by atoms with E-state index in [1.807, 2.05) is 48.2 Å². The molecular weight excluding hydrogens is 460 g/mol. The number of amides is 2. The van der Waals surface area contributed by atoms with Gasteiger partial charge in [-0.25, -0.2) is 0 Å². The number of carbonyl (C=O) groups is 2. The number of likely N-dealkylation sites (tertiary alicyclic amines) is 2. The smallest absolute Gasteiger partial charge is 0.272 e. The predicted molar refractivity (Wildman–Crippen MR) is 142 cm³/mol. The van der Waals surface area contributed by atoms with Gasteiger partial charge in [0.05, 0.1) is 11.5 Å². The highest BCUT2D eigenvalue weighted by atomic mass is 16.2. The van der Waals surface area contributed by atoms with Crippen LogP contribution in [0.2, 0.25) is 0 Å². The lowest BCUT2D eigenvalue weighted by atomic mass is 9.74. The Morgan fingerprint density at radius 2 is 1.49 bits per heavy atom. The zero-order valence-electron chi connectivity index (χ0n) is 21.3. The molecule has 2 aliphatic heterocycles. The van der Waals surface area contributed by atoms with Crippen molar-refractivity contribution in [2.75, 3.05) is 26.2 Å². The van der Waals surface area contributed by atoms with Crippen molar-refractivity contribution in [2.24, 2.45) is 0 Å². The molecule has 0 radical (unpaired) electrons. The van der Waals surface area contributed by atoms with E-state index in [9.17, 15) is 14.9 Å². The van der Waals surface area contributed by atoms with Crippen molar-refractivity contribution in [3.05, 3.63) is 101 Å². The maximum Gasteiger partial charge on any atom is 0.272 e. The zero-order valence-corrected chi connectivity index (χ0v) is 21.3. The van der Waals surface area contributed by atoms with E-state index in [1.54, 1.807) is 17.2 Å². The van der Waals surface area contributed by atoms with Gasteiger partial charge in [0.15, 0.2) is 0 Å². The molecule has 3 heterocycles. The lowest BCUT2D eigenvalue weighted by Gasteiger charge is -2.37. The van der Waals surface area contributed by atoms with Crippen LogP contribution in [0.5, 0.6) is 0 Å². The topological polar surface area (TPSA) is 77.3 Å². The van der Waals surface area contributed by atoms with E-state index in [-0.39, 0.29) is 17.5 Å². The molecule has 0 spiro atoms. The summed E-state index contributed by atoms with van der Waals surface area (Å²) >= 11 is 0. The predicted octanol–water partition coefficient (Wildman–Crippen LogP) is 5.11. The Balaban J connectivity index is 1.25. The molecular formula is C31H32N4O2. The first-order valence-corrected chi connectivity index (χ1v) is 13.1. The minimum atomic E-state index is -0.578. The molecule has 2 fully saturated rings. The monoisotopic (exact) mass is 492 g/mol. The van der Waals surface area contributed by atoms with E-state index in [0.29, 0.717) is 50.5 Å². The highest BCUT2D eigenvalue weighted by Gasteiger charge is 2.38. The number of aryl methyl sites for hydroxylation is 1. The van der Waals surface area contributed by atoms with Crippen LogP contribution in [0.15, 0.2) is 72.9 Å². The highest BCUT2D eigenvalue weighted by Crippen LogP contribution is 2.35. The Morgan fingerprint density at radius 3 is 2.11 bits per heavy atom. The van der Waals surface area contributed by atoms with E-state index in [2.05, 4.69) is 35.3 Å². The van der Waals surface area contributed by atoms with Crippen LogP contribution in [0.1, 0.15) is 69.1 Å². The molecule has 37 heavy (non-hydrogen) atoms. The second-order valence-corrected chi connectivity index (χ2v) is 10.2. The molecule has 6 heteroatoms. The fraction of sp³-hybridized carbons (Fsp3) is 0.355. The number of benzene rings is 2. The Kier molecular flexibility index (Phi) is 7.05. The summed E-state index contributed by atoms with van der Waals surface area (Å²) in [5, 5.41) is 9.96. The molecule has 3 aromatic rings. The SMILES string of the molecule is Cc1cnc(C(=O)N2CCC(C#N)(c3ccccc3)CC2)cc1C(=O)N1CCC(c2ccccc2)CC1. The van der Waals surface area contributed by atoms with Crippen LogP contribution >= 0.6 is 0 Å². The summed E-state index contributed by atoms with van der Waals surface area (Å²) in [6.07, 6.45) is 4.65. The minimum Gasteiger partial charge on any atom is -0.339 e. The van der Waals surface area contributed by atoms with Gasteiger partial charge >= 0.3 is 0 Å². The number of hydrogen-bond acceptors (Lipinski definition) is 4. The molecule has 2 saturated heterocycles. The number of hydrogen-bond donors (Lipinski definition) is 0. The fourth-order valence-electron chi connectivity index (χ4n) is 5.66. The summed E-state index contributed by atoms with van der Waals surface area (Å²) in [5.41, 5.74) is 3.37. The molecule has 2 aliphatic rings. The lowest BCUT2D eigenvalue weighted by Crippen LogP contribution is -2.45. The normalized spacial score (nSPS) is 17.7. The molecule has 2 aromatic carbocycles. The second kappa shape index (κ2) is 10.6. The van der Waals surface area contributed by atoms with Crippen molar-refractivity contribution in [2.45, 2.75) is 43.9 Å². The quantitative estimate of drug-likeness (QED) is 0.507. The summed E-state index contributed by atoms with van der Waals surface area (Å²) in [7, 11) is 0. The number of carbonyl (C=O) groups excluding carboxylic acids is 2. The number of rotatable bonds is 4. The Bertz CT molecular complexity index is 1300. The van der Waals surface area contributed by atoms with Crippen LogP contribution in [0.25, 0.3) is 0 Å². The number of nitrogens with zero attached hydrogens (tertiary/aromatic N) is 4. The lowest BCUT2D eigenvalue weighted by molar-refractivity contribution is 0.0685. The van der Waals surface area contributed by atoms with Crippen LogP contribution in [0, 0.1) is 18.3 Å². The van der Waals surface area contributed by atoms with Crippen molar-refractivity contribution in [3.63, 3.8) is 0 Å². The van der Waals surface area contributed by atoms with Crippen molar-refractivity contribution in [3.8, 4) is 6.07 Å². The van der Waals surface area contributed by atoms with E-state index in [4.69, 9.17) is 0 Å². The molecule has 0 saturated carbocycles. The molecule has 188 valence electrons. The van der Waals surface area contributed by atoms with Gasteiger partial charge in [-0.05, 0) is 61.3 Å². The first kappa shape index (κ1) is 24.7. The summed E-state index contributed by atoms with van der Waals surface area (Å²) in [6.45, 7) is 4.23. The van der Waals surface area contributed by atoms with Crippen LogP contribution < -0.4 is 0 Å². The average Bonchev–Trinajstić information content (AvgIpc) is 2.98. The summed E-state index contributed by atoms with van der Waals surface area (Å²) in [5.74, 6) is 0.250. The van der Waals surface area contributed by atoms with Gasteiger partial charge in [-0.2, -0.15) is 5.26 Å². The minimum absolute atomic E-state index is 0.0355. The third-order valence-corrected chi connectivity index (χ3v) is 8.05. The first-order chi connectivity index (χ1) is 18.0. The maximum absolute atomic E-state index is 13.4. The number of pyridine rings is 1. The maximum atomic E-state index is 13.4. The number of nitriles is 1. The molecule has 2 amide bonds. The average molecular weight is 493 g/mol. The van der Waals surface area contributed by atoms with E-state index in [1.165, 1.54) is 5.56 Å². The molecule has 0 aliphatic carbocycles. The van der Waals surface area contributed by atoms with E-state index in [0.717, 1.165) is 24.0 Å². The van der Waals surface area contributed by atoms with E-state index >= 15 is 0 Å². The standard InChI is InChI=1S/C31H32N4O2/c1-23-21-33-28(30(37)35-18-14-31(22-32,15-19-35)26-10-6-3-7-11-26)20-27(23)29(36)34-16-12-25(13-17-34)24-8-4-2-5-9-24/h2-11,20-21,25H,12-19H2,1H3. The Morgan fingerprint density at radius 1 is 0.892 bits per heavy atom. The van der Waals surface area contributed by atoms with Crippen molar-refractivity contribution in [1.82, 2.24) is 14.8 Å². The van der Waals surface area contributed by atoms with E-state index < -0.39 is 5.41 Å². The van der Waals surface area contributed by atoms with Crippen LogP contribution in [-0.4, -0.2) is 52.8 Å². The van der Waals surface area contributed by atoms with Crippen molar-refractivity contribution < 1.29 is 9.59 Å². The van der Waals surface area contributed by atoms with Gasteiger partial charge in [-0.15, -0.1) is 0 Å². The van der Waals surface area contributed by atoms with Crippen LogP contribution in [0.4, 0.5) is 0 Å². The summed E-state index contributed by atoms with van der Waals surface area (Å²) < 4.78 is 0. The van der Waals surface area contributed by atoms with Gasteiger partial charge in [0.25, 0.3) is 11.8 Å². The Hall–Kier alpha value is -3.98. The third kappa shape index (κ3) is 4.99. The molecule has 0 N–H and O–H groups in total. The van der Waals surface area contributed by atoms with Gasteiger partial charge in [-0.1, -0.05) is 60.7 Å². The molecule has 0 atom stereocenters. The van der Waals surface area contributed by atoms with Gasteiger partial charge in [-0.3, -0.25) is 14.6 Å². The van der Waals surface area contributed by atoms with Crippen LogP contribution in [-0.2, 0) is 5.41 Å². The fourth-order valence-corrected chi connectivity index (χ4v) is 5.66. The van der Waals surface area contributed by atoms with Gasteiger partial charge in [0, 0.05) is 37.9 Å². The van der Waals surface area contributed by atoms with Crippen molar-refractivity contribution in [1.29, 1.82) is 5.26 Å². The highest BCUT2D eigenvalue weighted by molar-refractivity contribution is 5.99. The third-order valence-electron chi connectivity index (χ3n) is 8.05. The number of aromatic nitrogens is 1. The molecule has 5 rings (SSSR count). The van der Waals surface area contributed by atoms with Gasteiger partial charge in [0.2, 0.25) is 0 Å².